The van der Waals surface area contributed by atoms with E-state index in [1.807, 2.05) is 0 Å². The van der Waals surface area contributed by atoms with Crippen molar-refractivity contribution in [2.45, 2.75) is 63.7 Å². The highest BCUT2D eigenvalue weighted by Gasteiger charge is 2.31. The fraction of sp³-hybridized carbons (Fsp3) is 0.263. The van der Waals surface area contributed by atoms with Crippen molar-refractivity contribution in [3.8, 4) is 0 Å². The summed E-state index contributed by atoms with van der Waals surface area (Å²) in [6.07, 6.45) is -4.07. The smallest absolute Gasteiger partial charge is 0.326 e. The third kappa shape index (κ3) is 12.6. The molecule has 0 bridgehead atoms. The molecule has 14 heteroatoms. The Balaban J connectivity index is 1.10. The summed E-state index contributed by atoms with van der Waals surface area (Å²) in [5, 5.41) is 10.3. The summed E-state index contributed by atoms with van der Waals surface area (Å²) >= 11 is 0. The van der Waals surface area contributed by atoms with Crippen molar-refractivity contribution in [1.82, 2.24) is 0 Å². The molecule has 4 rings (SSSR count). The van der Waals surface area contributed by atoms with Gasteiger partial charge >= 0.3 is 12.4 Å². The number of halogens is 6. The van der Waals surface area contributed by atoms with Gasteiger partial charge in [-0.1, -0.05) is 49.9 Å². The molecule has 8 nitrogen and oxygen atoms in total. The zero-order chi connectivity index (χ0) is 37.7. The fourth-order valence-electron chi connectivity index (χ4n) is 5.15. The van der Waals surface area contributed by atoms with Gasteiger partial charge in [-0.05, 0) is 85.6 Å². The summed E-state index contributed by atoms with van der Waals surface area (Å²) < 4.78 is 77.8. The fourth-order valence-corrected chi connectivity index (χ4v) is 5.15. The van der Waals surface area contributed by atoms with E-state index in [0.717, 1.165) is 49.9 Å². The highest BCUT2D eigenvalue weighted by Crippen LogP contribution is 2.32. The molecule has 0 saturated heterocycles. The average Bonchev–Trinajstić information content (AvgIpc) is 3.09. The molecule has 0 saturated carbocycles. The van der Waals surface area contributed by atoms with Crippen LogP contribution in [0.15, 0.2) is 97.1 Å². The van der Waals surface area contributed by atoms with Gasteiger partial charge in [0, 0.05) is 46.7 Å². The van der Waals surface area contributed by atoms with Gasteiger partial charge in [-0.15, -0.1) is 0 Å². The number of nitrogens with one attached hydrogen (secondary N) is 4. The Morgan fingerprint density at radius 1 is 0.423 bits per heavy atom. The van der Waals surface area contributed by atoms with E-state index in [-0.39, 0.29) is 47.2 Å². The van der Waals surface area contributed by atoms with Crippen molar-refractivity contribution in [3.63, 3.8) is 0 Å². The van der Waals surface area contributed by atoms with Gasteiger partial charge in [-0.2, -0.15) is 26.3 Å². The molecule has 0 aliphatic heterocycles. The first-order valence-electron chi connectivity index (χ1n) is 16.4. The quantitative estimate of drug-likeness (QED) is 0.0721. The second-order valence-corrected chi connectivity index (χ2v) is 11.9. The van der Waals surface area contributed by atoms with Crippen molar-refractivity contribution in [3.05, 3.63) is 119 Å². The summed E-state index contributed by atoms with van der Waals surface area (Å²) in [6.45, 7) is 0. The molecule has 0 radical (unpaired) electrons. The SMILES string of the molecule is O=C(CCCCCCCCC(=O)Nc1cccc(C(=O)Nc2cccc(C(F)(F)F)c2)c1)Nc1cccc(C(=O)Nc2cccc(C(F)(F)F)c2)c1. The lowest BCUT2D eigenvalue weighted by Gasteiger charge is -2.11. The molecule has 0 unspecified atom stereocenters. The number of anilines is 4. The normalized spacial score (nSPS) is 11.4. The molecule has 52 heavy (non-hydrogen) atoms. The topological polar surface area (TPSA) is 116 Å². The van der Waals surface area contributed by atoms with Gasteiger partial charge in [0.1, 0.15) is 0 Å². The molecule has 4 amide bonds. The number of unbranched alkanes of at least 4 members (excludes halogenated alkanes) is 5. The molecule has 0 aliphatic carbocycles. The Bertz CT molecular complexity index is 1740. The maximum Gasteiger partial charge on any atom is 0.416 e. The Morgan fingerprint density at radius 2 is 0.750 bits per heavy atom. The minimum absolute atomic E-state index is 0.00907. The van der Waals surface area contributed by atoms with Crippen LogP contribution in [0.5, 0.6) is 0 Å². The molecular weight excluding hydrogens is 690 g/mol. The Hall–Kier alpha value is -5.66. The molecule has 0 aliphatic rings. The predicted octanol–water partition coefficient (Wildman–Crippen LogP) is 9.93. The van der Waals surface area contributed by atoms with Crippen LogP contribution in [0, 0.1) is 0 Å². The first-order valence-corrected chi connectivity index (χ1v) is 16.4. The van der Waals surface area contributed by atoms with E-state index in [9.17, 15) is 45.5 Å². The average molecular weight is 727 g/mol. The van der Waals surface area contributed by atoms with Crippen LogP contribution in [0.25, 0.3) is 0 Å². The molecule has 0 heterocycles. The maximum atomic E-state index is 13.0. The van der Waals surface area contributed by atoms with Crippen LogP contribution in [0.4, 0.5) is 49.1 Å². The number of carbonyl (C=O) groups excluding carboxylic acids is 4. The van der Waals surface area contributed by atoms with Crippen molar-refractivity contribution >= 4 is 46.4 Å². The van der Waals surface area contributed by atoms with Crippen molar-refractivity contribution in [2.24, 2.45) is 0 Å². The Labute approximate surface area is 296 Å². The number of alkyl halides is 6. The third-order valence-corrected chi connectivity index (χ3v) is 7.77. The lowest BCUT2D eigenvalue weighted by molar-refractivity contribution is -0.138. The lowest BCUT2D eigenvalue weighted by atomic mass is 10.1. The van der Waals surface area contributed by atoms with Crippen LogP contribution in [-0.2, 0) is 21.9 Å². The van der Waals surface area contributed by atoms with Crippen molar-refractivity contribution < 1.29 is 45.5 Å². The zero-order valence-electron chi connectivity index (χ0n) is 27.8. The van der Waals surface area contributed by atoms with Crippen LogP contribution < -0.4 is 21.3 Å². The van der Waals surface area contributed by atoms with Crippen LogP contribution in [0.2, 0.25) is 0 Å². The van der Waals surface area contributed by atoms with Gasteiger partial charge in [0.15, 0.2) is 0 Å². The largest absolute Gasteiger partial charge is 0.416 e. The number of benzene rings is 4. The summed E-state index contributed by atoms with van der Waals surface area (Å²) in [7, 11) is 0. The molecule has 4 aromatic rings. The third-order valence-electron chi connectivity index (χ3n) is 7.77. The summed E-state index contributed by atoms with van der Waals surface area (Å²) in [5.74, 6) is -1.74. The number of hydrogen-bond acceptors (Lipinski definition) is 4. The molecule has 0 spiro atoms. The van der Waals surface area contributed by atoms with Crippen LogP contribution in [-0.4, -0.2) is 23.6 Å². The van der Waals surface area contributed by atoms with E-state index in [0.29, 0.717) is 24.2 Å². The highest BCUT2D eigenvalue weighted by atomic mass is 19.4. The number of amides is 4. The van der Waals surface area contributed by atoms with Gasteiger partial charge in [0.05, 0.1) is 11.1 Å². The minimum atomic E-state index is -4.54. The number of rotatable bonds is 15. The van der Waals surface area contributed by atoms with E-state index in [4.69, 9.17) is 0 Å². The van der Waals surface area contributed by atoms with Crippen molar-refractivity contribution in [2.75, 3.05) is 21.3 Å². The molecule has 0 atom stereocenters. The first-order chi connectivity index (χ1) is 24.7. The maximum absolute atomic E-state index is 13.0. The standard InChI is InChI=1S/C38H36F6N4O4/c39-37(40,41)27-13-9-17-31(23-27)47-35(51)25-11-7-15-29(21-25)45-33(49)19-5-3-1-2-4-6-20-34(50)46-30-16-8-12-26(22-30)36(52)48-32-18-10-14-28(24-32)38(42,43)44/h7-18,21-24H,1-6,19-20H2,(H,45,49)(H,46,50)(H,47,51)(H,48,52). The molecule has 4 N–H and O–H groups in total. The molecule has 0 fully saturated rings. The zero-order valence-corrected chi connectivity index (χ0v) is 27.8. The van der Waals surface area contributed by atoms with E-state index in [1.165, 1.54) is 48.5 Å². The lowest BCUT2D eigenvalue weighted by Crippen LogP contribution is -2.15. The summed E-state index contributed by atoms with van der Waals surface area (Å²) in [5.41, 5.74) is -0.702. The summed E-state index contributed by atoms with van der Waals surface area (Å²) in [6, 6.07) is 20.8. The first kappa shape index (κ1) is 39.1. The molecule has 0 aromatic heterocycles. The van der Waals surface area contributed by atoms with Crippen LogP contribution in [0.1, 0.15) is 83.2 Å². The van der Waals surface area contributed by atoms with Crippen LogP contribution in [0.3, 0.4) is 0 Å². The van der Waals surface area contributed by atoms with Crippen molar-refractivity contribution in [1.29, 1.82) is 0 Å². The Kier molecular flexibility index (Phi) is 13.6. The monoisotopic (exact) mass is 726 g/mol. The van der Waals surface area contributed by atoms with Gasteiger partial charge < -0.3 is 21.3 Å². The van der Waals surface area contributed by atoms with Crippen LogP contribution >= 0.6 is 0 Å². The van der Waals surface area contributed by atoms with Gasteiger partial charge in [0.2, 0.25) is 11.8 Å². The van der Waals surface area contributed by atoms with E-state index in [2.05, 4.69) is 21.3 Å². The van der Waals surface area contributed by atoms with E-state index < -0.39 is 35.3 Å². The molecule has 4 aromatic carbocycles. The second-order valence-electron chi connectivity index (χ2n) is 11.9. The number of hydrogen-bond donors (Lipinski definition) is 4. The van der Waals surface area contributed by atoms with Gasteiger partial charge in [-0.25, -0.2) is 0 Å². The second kappa shape index (κ2) is 18.0. The predicted molar refractivity (Wildman–Crippen MR) is 186 cm³/mol. The molecular formula is C38H36F6N4O4. The minimum Gasteiger partial charge on any atom is -0.326 e. The van der Waals surface area contributed by atoms with Gasteiger partial charge in [0.25, 0.3) is 11.8 Å². The molecule has 274 valence electrons. The van der Waals surface area contributed by atoms with E-state index in [1.54, 1.807) is 24.3 Å². The van der Waals surface area contributed by atoms with E-state index >= 15 is 0 Å². The summed E-state index contributed by atoms with van der Waals surface area (Å²) in [4.78, 5) is 50.1. The van der Waals surface area contributed by atoms with Gasteiger partial charge in [-0.3, -0.25) is 19.2 Å². The highest BCUT2D eigenvalue weighted by molar-refractivity contribution is 6.06. The number of carbonyl (C=O) groups is 4. The Morgan fingerprint density at radius 3 is 1.12 bits per heavy atom.